The normalized spacial score (nSPS) is 13.1. The van der Waals surface area contributed by atoms with Gasteiger partial charge in [-0.15, -0.1) is 23.1 Å². The first-order valence-electron chi connectivity index (χ1n) is 10.7. The van der Waals surface area contributed by atoms with E-state index < -0.39 is 5.97 Å². The molecule has 1 aliphatic carbocycles. The average molecular weight is 497 g/mol. The lowest BCUT2D eigenvalue weighted by molar-refractivity contribution is 0.0462. The molecule has 1 aliphatic rings. The van der Waals surface area contributed by atoms with E-state index in [-0.39, 0.29) is 12.2 Å². The van der Waals surface area contributed by atoms with Gasteiger partial charge in [-0.05, 0) is 73.2 Å². The number of benzene rings is 2. The second kappa shape index (κ2) is 9.71. The van der Waals surface area contributed by atoms with Crippen LogP contribution < -0.4 is 5.56 Å². The molecule has 2 aromatic heterocycles. The van der Waals surface area contributed by atoms with E-state index in [0.29, 0.717) is 16.8 Å². The Morgan fingerprint density at radius 3 is 2.64 bits per heavy atom. The van der Waals surface area contributed by atoms with Crippen molar-refractivity contribution in [2.24, 2.45) is 0 Å². The van der Waals surface area contributed by atoms with Crippen LogP contribution in [0.1, 0.15) is 45.0 Å². The Kier molecular flexibility index (Phi) is 6.53. The fourth-order valence-electron chi connectivity index (χ4n) is 3.93. The molecule has 0 spiro atoms. The van der Waals surface area contributed by atoms with E-state index in [9.17, 15) is 9.59 Å². The molecule has 5 nitrogen and oxygen atoms in total. The molecular weight excluding hydrogens is 476 g/mol. The number of ether oxygens (including phenoxy) is 1. The minimum atomic E-state index is -0.444. The number of carbonyl (C=O) groups is 1. The molecule has 0 aliphatic heterocycles. The Balaban J connectivity index is 1.21. The van der Waals surface area contributed by atoms with Gasteiger partial charge in [-0.25, -0.2) is 9.78 Å². The van der Waals surface area contributed by atoms with E-state index >= 15 is 0 Å². The summed E-state index contributed by atoms with van der Waals surface area (Å²) in [6.07, 6.45) is 4.20. The first-order valence-corrected chi connectivity index (χ1v) is 12.9. The van der Waals surface area contributed by atoms with Crippen molar-refractivity contribution in [2.45, 2.75) is 42.9 Å². The molecule has 33 heavy (non-hydrogen) atoms. The third-order valence-corrected chi connectivity index (χ3v) is 8.14. The van der Waals surface area contributed by atoms with Crippen LogP contribution in [0, 0.1) is 0 Å². The van der Waals surface area contributed by atoms with Gasteiger partial charge in [0.25, 0.3) is 5.56 Å². The van der Waals surface area contributed by atoms with Gasteiger partial charge in [0.05, 0.1) is 10.9 Å². The maximum Gasteiger partial charge on any atom is 0.338 e. The minimum absolute atomic E-state index is 0.0687. The smallest absolute Gasteiger partial charge is 0.338 e. The standard InChI is InChI=1S/C25H21ClN2O3S2/c26-17-9-11-18(12-10-17)32-14-15-5-7-16(8-6-15)25(30)31-13-21-27-23(29)22-19-3-1-2-4-20(19)33-24(22)28-21/h5-12H,1-4,13-14H2,(H,27,28,29). The zero-order valence-corrected chi connectivity index (χ0v) is 20.1. The molecular formula is C25H21ClN2O3S2. The summed E-state index contributed by atoms with van der Waals surface area (Å²) in [5.41, 5.74) is 2.57. The Labute approximate surface area is 204 Å². The van der Waals surface area contributed by atoms with Crippen LogP contribution in [-0.4, -0.2) is 15.9 Å². The van der Waals surface area contributed by atoms with Crippen molar-refractivity contribution in [1.29, 1.82) is 0 Å². The lowest BCUT2D eigenvalue weighted by atomic mass is 9.97. The number of nitrogens with one attached hydrogen (secondary N) is 1. The SMILES string of the molecule is O=C(OCc1nc2sc3c(c2c(=O)[nH]1)CCCC3)c1ccc(CSc2ccc(Cl)cc2)cc1. The molecule has 0 unspecified atom stereocenters. The summed E-state index contributed by atoms with van der Waals surface area (Å²) in [5.74, 6) is 0.711. The van der Waals surface area contributed by atoms with Gasteiger partial charge in [-0.3, -0.25) is 4.79 Å². The molecule has 2 aromatic carbocycles. The van der Waals surface area contributed by atoms with E-state index in [1.807, 2.05) is 36.4 Å². The molecule has 0 saturated heterocycles. The maximum absolute atomic E-state index is 12.6. The van der Waals surface area contributed by atoms with Crippen LogP contribution in [0.25, 0.3) is 10.2 Å². The summed E-state index contributed by atoms with van der Waals surface area (Å²) in [6.45, 7) is -0.0687. The highest BCUT2D eigenvalue weighted by molar-refractivity contribution is 7.98. The van der Waals surface area contributed by atoms with E-state index in [2.05, 4.69) is 9.97 Å². The Morgan fingerprint density at radius 2 is 1.85 bits per heavy atom. The van der Waals surface area contributed by atoms with Crippen LogP contribution in [0.5, 0.6) is 0 Å². The van der Waals surface area contributed by atoms with Crippen LogP contribution in [0.3, 0.4) is 0 Å². The number of esters is 1. The molecule has 0 saturated carbocycles. The molecule has 5 rings (SSSR count). The summed E-state index contributed by atoms with van der Waals surface area (Å²) < 4.78 is 5.42. The van der Waals surface area contributed by atoms with E-state index in [1.54, 1.807) is 35.2 Å². The van der Waals surface area contributed by atoms with Gasteiger partial charge in [-0.2, -0.15) is 0 Å². The first-order chi connectivity index (χ1) is 16.1. The van der Waals surface area contributed by atoms with Crippen molar-refractivity contribution < 1.29 is 9.53 Å². The Hall–Kier alpha value is -2.61. The average Bonchev–Trinajstić information content (AvgIpc) is 3.21. The number of fused-ring (bicyclic) bond motifs is 3. The summed E-state index contributed by atoms with van der Waals surface area (Å²) in [7, 11) is 0. The summed E-state index contributed by atoms with van der Waals surface area (Å²) in [6, 6.07) is 15.1. The lowest BCUT2D eigenvalue weighted by Crippen LogP contribution is -2.15. The Bertz CT molecular complexity index is 1360. The maximum atomic E-state index is 12.6. The van der Waals surface area contributed by atoms with Crippen LogP contribution >= 0.6 is 34.7 Å². The van der Waals surface area contributed by atoms with Crippen molar-refractivity contribution in [2.75, 3.05) is 0 Å². The molecule has 1 N–H and O–H groups in total. The molecule has 2 heterocycles. The van der Waals surface area contributed by atoms with Gasteiger partial charge in [0.1, 0.15) is 17.3 Å². The molecule has 4 aromatic rings. The number of halogens is 1. The number of nitrogens with zero attached hydrogens (tertiary/aromatic N) is 1. The Morgan fingerprint density at radius 1 is 1.09 bits per heavy atom. The number of carbonyl (C=O) groups excluding carboxylic acids is 1. The molecule has 0 radical (unpaired) electrons. The fraction of sp³-hybridized carbons (Fsp3) is 0.240. The second-order valence-corrected chi connectivity index (χ2v) is 10.5. The van der Waals surface area contributed by atoms with E-state index in [0.717, 1.165) is 57.3 Å². The quantitative estimate of drug-likeness (QED) is 0.255. The van der Waals surface area contributed by atoms with Crippen molar-refractivity contribution in [3.8, 4) is 0 Å². The van der Waals surface area contributed by atoms with E-state index in [4.69, 9.17) is 16.3 Å². The third kappa shape index (κ3) is 5.00. The van der Waals surface area contributed by atoms with Crippen molar-refractivity contribution in [1.82, 2.24) is 9.97 Å². The highest BCUT2D eigenvalue weighted by Gasteiger charge is 2.20. The lowest BCUT2D eigenvalue weighted by Gasteiger charge is -2.09. The molecule has 0 fully saturated rings. The van der Waals surface area contributed by atoms with Crippen LogP contribution in [0.15, 0.2) is 58.2 Å². The number of hydrogen-bond donors (Lipinski definition) is 1. The monoisotopic (exact) mass is 496 g/mol. The summed E-state index contributed by atoms with van der Waals surface area (Å²) in [4.78, 5) is 35.6. The minimum Gasteiger partial charge on any atom is -0.454 e. The number of thiophene rings is 1. The number of aromatic nitrogens is 2. The highest BCUT2D eigenvalue weighted by Crippen LogP contribution is 2.33. The number of hydrogen-bond acceptors (Lipinski definition) is 6. The number of thioether (sulfide) groups is 1. The topological polar surface area (TPSA) is 72.0 Å². The number of aryl methyl sites for hydroxylation is 2. The largest absolute Gasteiger partial charge is 0.454 e. The van der Waals surface area contributed by atoms with Crippen molar-refractivity contribution in [3.05, 3.63) is 91.3 Å². The van der Waals surface area contributed by atoms with Gasteiger partial charge in [-0.1, -0.05) is 23.7 Å². The van der Waals surface area contributed by atoms with E-state index in [1.165, 1.54) is 4.88 Å². The zero-order valence-electron chi connectivity index (χ0n) is 17.7. The van der Waals surface area contributed by atoms with Crippen LogP contribution in [0.2, 0.25) is 5.02 Å². The van der Waals surface area contributed by atoms with Crippen LogP contribution in [-0.2, 0) is 29.9 Å². The fourth-order valence-corrected chi connectivity index (χ4v) is 6.19. The van der Waals surface area contributed by atoms with Gasteiger partial charge in [0.2, 0.25) is 0 Å². The van der Waals surface area contributed by atoms with Gasteiger partial charge < -0.3 is 9.72 Å². The molecule has 0 amide bonds. The second-order valence-electron chi connectivity index (χ2n) is 7.92. The van der Waals surface area contributed by atoms with Gasteiger partial charge in [0, 0.05) is 20.5 Å². The van der Waals surface area contributed by atoms with Gasteiger partial charge >= 0.3 is 5.97 Å². The number of aromatic amines is 1. The van der Waals surface area contributed by atoms with Crippen molar-refractivity contribution in [3.63, 3.8) is 0 Å². The molecule has 168 valence electrons. The van der Waals surface area contributed by atoms with Gasteiger partial charge in [0.15, 0.2) is 0 Å². The summed E-state index contributed by atoms with van der Waals surface area (Å²) >= 11 is 9.21. The zero-order chi connectivity index (χ0) is 22.8. The molecule has 8 heteroatoms. The summed E-state index contributed by atoms with van der Waals surface area (Å²) in [5, 5.41) is 1.42. The molecule has 0 bridgehead atoms. The number of rotatable bonds is 6. The highest BCUT2D eigenvalue weighted by atomic mass is 35.5. The first kappa shape index (κ1) is 22.2. The van der Waals surface area contributed by atoms with Crippen molar-refractivity contribution >= 4 is 50.9 Å². The third-order valence-electron chi connectivity index (χ3n) is 5.62. The van der Waals surface area contributed by atoms with Crippen LogP contribution in [0.4, 0.5) is 0 Å². The molecule has 0 atom stereocenters. The predicted octanol–water partition coefficient (Wildman–Crippen LogP) is 6.17. The predicted molar refractivity (Wildman–Crippen MR) is 133 cm³/mol. The number of H-pyrrole nitrogens is 1.